The van der Waals surface area contributed by atoms with Crippen LogP contribution in [0.2, 0.25) is 0 Å². The molecule has 0 fully saturated rings. The molecule has 1 heterocycles. The molecule has 0 aliphatic heterocycles. The van der Waals surface area contributed by atoms with Gasteiger partial charge in [0.2, 0.25) is 0 Å². The van der Waals surface area contributed by atoms with Crippen molar-refractivity contribution >= 4 is 40.0 Å². The SMILES string of the molecule is CCOC(=O)c1cccc(N=Cc2sc(O)c3ccccc23)c1. The minimum absolute atomic E-state index is 0.280. The molecule has 116 valence electrons. The predicted octanol–water partition coefficient (Wildman–Crippen LogP) is 4.53. The van der Waals surface area contributed by atoms with Gasteiger partial charge in [-0.2, -0.15) is 0 Å². The number of carbonyl (C=O) groups excluding carboxylic acids is 1. The number of benzene rings is 2. The molecule has 0 amide bonds. The van der Waals surface area contributed by atoms with Gasteiger partial charge in [-0.1, -0.05) is 35.6 Å². The molecule has 0 aliphatic rings. The van der Waals surface area contributed by atoms with Crippen molar-refractivity contribution in [3.05, 3.63) is 59.0 Å². The first-order chi connectivity index (χ1) is 11.2. The fourth-order valence-electron chi connectivity index (χ4n) is 2.26. The molecule has 0 radical (unpaired) electrons. The standard InChI is InChI=1S/C18H15NO3S/c1-2-22-17(20)12-6-5-7-13(10-12)19-11-16-14-8-3-4-9-15(14)18(21)23-16/h3-11,21H,2H2,1H3. The smallest absolute Gasteiger partial charge is 0.338 e. The first kappa shape index (κ1) is 15.2. The van der Waals surface area contributed by atoms with Crippen LogP contribution in [0.4, 0.5) is 5.69 Å². The van der Waals surface area contributed by atoms with Gasteiger partial charge in [0.25, 0.3) is 0 Å². The molecular weight excluding hydrogens is 310 g/mol. The number of nitrogens with zero attached hydrogens (tertiary/aromatic N) is 1. The van der Waals surface area contributed by atoms with Crippen molar-refractivity contribution in [3.63, 3.8) is 0 Å². The Kier molecular flexibility index (Phi) is 4.39. The molecular formula is C18H15NO3S. The average Bonchev–Trinajstić information content (AvgIpc) is 2.90. The number of ether oxygens (including phenoxy) is 1. The van der Waals surface area contributed by atoms with Crippen LogP contribution in [0.3, 0.4) is 0 Å². The lowest BCUT2D eigenvalue weighted by molar-refractivity contribution is 0.0526. The normalized spacial score (nSPS) is 11.2. The summed E-state index contributed by atoms with van der Waals surface area (Å²) < 4.78 is 4.98. The zero-order chi connectivity index (χ0) is 16.2. The molecule has 0 atom stereocenters. The molecule has 0 saturated carbocycles. The molecule has 2 aromatic carbocycles. The second-order valence-corrected chi connectivity index (χ2v) is 5.88. The maximum atomic E-state index is 11.7. The summed E-state index contributed by atoms with van der Waals surface area (Å²) in [4.78, 5) is 17.0. The summed E-state index contributed by atoms with van der Waals surface area (Å²) in [6, 6.07) is 14.6. The fraction of sp³-hybridized carbons (Fsp3) is 0.111. The molecule has 0 spiro atoms. The molecule has 0 unspecified atom stereocenters. The van der Waals surface area contributed by atoms with Gasteiger partial charge in [-0.3, -0.25) is 4.99 Å². The number of aromatic hydroxyl groups is 1. The lowest BCUT2D eigenvalue weighted by atomic mass is 10.2. The van der Waals surface area contributed by atoms with Gasteiger partial charge in [0.05, 0.1) is 22.7 Å². The Hall–Kier alpha value is -2.66. The Morgan fingerprint density at radius 2 is 2.00 bits per heavy atom. The predicted molar refractivity (Wildman–Crippen MR) is 93.1 cm³/mol. The summed E-state index contributed by atoms with van der Waals surface area (Å²) in [6.45, 7) is 2.11. The van der Waals surface area contributed by atoms with Crippen LogP contribution >= 0.6 is 11.3 Å². The van der Waals surface area contributed by atoms with Crippen LogP contribution in [0.1, 0.15) is 22.2 Å². The van der Waals surface area contributed by atoms with E-state index in [-0.39, 0.29) is 11.0 Å². The summed E-state index contributed by atoms with van der Waals surface area (Å²) in [6.07, 6.45) is 1.71. The van der Waals surface area contributed by atoms with E-state index in [1.165, 1.54) is 11.3 Å². The molecule has 0 aliphatic carbocycles. The van der Waals surface area contributed by atoms with Gasteiger partial charge < -0.3 is 9.84 Å². The van der Waals surface area contributed by atoms with E-state index in [1.54, 1.807) is 31.3 Å². The highest BCUT2D eigenvalue weighted by atomic mass is 32.1. The minimum atomic E-state index is -0.358. The summed E-state index contributed by atoms with van der Waals surface area (Å²) in [5.41, 5.74) is 1.13. The van der Waals surface area contributed by atoms with E-state index in [0.29, 0.717) is 17.9 Å². The van der Waals surface area contributed by atoms with E-state index in [9.17, 15) is 9.90 Å². The zero-order valence-electron chi connectivity index (χ0n) is 12.5. The van der Waals surface area contributed by atoms with Crippen molar-refractivity contribution in [2.24, 2.45) is 4.99 Å². The Morgan fingerprint density at radius 1 is 1.22 bits per heavy atom. The number of thiophene rings is 1. The summed E-state index contributed by atoms with van der Waals surface area (Å²) in [7, 11) is 0. The highest BCUT2D eigenvalue weighted by Gasteiger charge is 2.08. The van der Waals surface area contributed by atoms with Crippen molar-refractivity contribution in [3.8, 4) is 5.06 Å². The van der Waals surface area contributed by atoms with Gasteiger partial charge in [0.15, 0.2) is 5.06 Å². The molecule has 23 heavy (non-hydrogen) atoms. The van der Waals surface area contributed by atoms with Gasteiger partial charge in [0.1, 0.15) is 0 Å². The minimum Gasteiger partial charge on any atom is -0.499 e. The lowest BCUT2D eigenvalue weighted by Gasteiger charge is -2.02. The number of aliphatic imine (C=N–C) groups is 1. The van der Waals surface area contributed by atoms with Gasteiger partial charge in [-0.25, -0.2) is 4.79 Å². The van der Waals surface area contributed by atoms with Crippen LogP contribution in [0, 0.1) is 0 Å². The Morgan fingerprint density at radius 3 is 2.78 bits per heavy atom. The topological polar surface area (TPSA) is 58.9 Å². The van der Waals surface area contributed by atoms with Gasteiger partial charge in [-0.15, -0.1) is 0 Å². The third-order valence-corrected chi connectivity index (χ3v) is 4.28. The van der Waals surface area contributed by atoms with E-state index in [4.69, 9.17) is 4.74 Å². The summed E-state index contributed by atoms with van der Waals surface area (Å²) in [5, 5.41) is 12.0. The molecule has 5 heteroatoms. The maximum Gasteiger partial charge on any atom is 0.338 e. The monoisotopic (exact) mass is 325 g/mol. The Balaban J connectivity index is 1.90. The highest BCUT2D eigenvalue weighted by Crippen LogP contribution is 2.35. The van der Waals surface area contributed by atoms with Crippen LogP contribution in [-0.2, 0) is 4.74 Å². The molecule has 0 bridgehead atoms. The van der Waals surface area contributed by atoms with E-state index < -0.39 is 0 Å². The van der Waals surface area contributed by atoms with Crippen molar-refractivity contribution in [2.75, 3.05) is 6.61 Å². The number of carbonyl (C=O) groups is 1. The van der Waals surface area contributed by atoms with Crippen molar-refractivity contribution in [1.82, 2.24) is 0 Å². The second-order valence-electron chi connectivity index (χ2n) is 4.85. The van der Waals surface area contributed by atoms with Crippen LogP contribution < -0.4 is 0 Å². The van der Waals surface area contributed by atoms with Crippen molar-refractivity contribution in [1.29, 1.82) is 0 Å². The Labute approximate surface area is 137 Å². The van der Waals surface area contributed by atoms with Crippen LogP contribution in [0.25, 0.3) is 10.8 Å². The highest BCUT2D eigenvalue weighted by molar-refractivity contribution is 7.17. The van der Waals surface area contributed by atoms with E-state index in [2.05, 4.69) is 4.99 Å². The maximum absolute atomic E-state index is 11.7. The van der Waals surface area contributed by atoms with Gasteiger partial charge in [0, 0.05) is 17.0 Å². The zero-order valence-corrected chi connectivity index (χ0v) is 13.3. The number of fused-ring (bicyclic) bond motifs is 1. The van der Waals surface area contributed by atoms with Crippen LogP contribution in [0.5, 0.6) is 5.06 Å². The quantitative estimate of drug-likeness (QED) is 0.566. The first-order valence-electron chi connectivity index (χ1n) is 7.21. The van der Waals surface area contributed by atoms with Crippen molar-refractivity contribution < 1.29 is 14.6 Å². The van der Waals surface area contributed by atoms with Crippen LogP contribution in [-0.4, -0.2) is 23.9 Å². The third kappa shape index (κ3) is 3.24. The second kappa shape index (κ2) is 6.62. The summed E-state index contributed by atoms with van der Waals surface area (Å²) in [5.74, 6) is -0.358. The van der Waals surface area contributed by atoms with Crippen LogP contribution in [0.15, 0.2) is 53.5 Å². The lowest BCUT2D eigenvalue weighted by Crippen LogP contribution is -2.03. The number of esters is 1. The fourth-order valence-corrected chi connectivity index (χ4v) is 3.14. The van der Waals surface area contributed by atoms with E-state index in [0.717, 1.165) is 15.6 Å². The molecule has 1 N–H and O–H groups in total. The molecule has 3 rings (SSSR count). The first-order valence-corrected chi connectivity index (χ1v) is 8.02. The summed E-state index contributed by atoms with van der Waals surface area (Å²) >= 11 is 1.28. The molecule has 1 aromatic heterocycles. The van der Waals surface area contributed by atoms with Gasteiger partial charge in [-0.05, 0) is 31.2 Å². The largest absolute Gasteiger partial charge is 0.499 e. The third-order valence-electron chi connectivity index (χ3n) is 3.32. The molecule has 0 saturated heterocycles. The number of hydrogen-bond acceptors (Lipinski definition) is 5. The average molecular weight is 325 g/mol. The molecule has 4 nitrogen and oxygen atoms in total. The van der Waals surface area contributed by atoms with Gasteiger partial charge >= 0.3 is 5.97 Å². The van der Waals surface area contributed by atoms with E-state index >= 15 is 0 Å². The number of hydrogen-bond donors (Lipinski definition) is 1. The Bertz CT molecular complexity index is 883. The molecule has 3 aromatic rings. The van der Waals surface area contributed by atoms with Crippen molar-refractivity contribution in [2.45, 2.75) is 6.92 Å². The number of rotatable bonds is 4. The van der Waals surface area contributed by atoms with E-state index in [1.807, 2.05) is 30.3 Å².